The van der Waals surface area contributed by atoms with Crippen LogP contribution in [0.4, 0.5) is 0 Å². The topological polar surface area (TPSA) is 0 Å². The van der Waals surface area contributed by atoms with Crippen LogP contribution in [0.2, 0.25) is 0 Å². The molecule has 8 unspecified atom stereocenters. The van der Waals surface area contributed by atoms with Gasteiger partial charge in [0, 0.05) is 0 Å². The van der Waals surface area contributed by atoms with Gasteiger partial charge in [0.05, 0.1) is 0 Å². The molecular weight excluding hydrogens is 300 g/mol. The van der Waals surface area contributed by atoms with Crippen LogP contribution >= 0.6 is 0 Å². The van der Waals surface area contributed by atoms with Crippen LogP contribution < -0.4 is 0 Å². The van der Waals surface area contributed by atoms with Crippen LogP contribution in [0.3, 0.4) is 0 Å². The first kappa shape index (κ1) is 17.9. The van der Waals surface area contributed by atoms with Gasteiger partial charge in [-0.1, -0.05) is 52.0 Å². The van der Waals surface area contributed by atoms with Crippen molar-refractivity contribution in [1.29, 1.82) is 0 Å². The van der Waals surface area contributed by atoms with E-state index in [0.29, 0.717) is 0 Å². The molecule has 2 saturated carbocycles. The third-order valence-electron chi connectivity index (χ3n) is 8.71. The molecule has 0 nitrogen and oxygen atoms in total. The molecule has 0 heterocycles. The van der Waals surface area contributed by atoms with E-state index in [4.69, 9.17) is 0 Å². The van der Waals surface area contributed by atoms with Gasteiger partial charge in [0.25, 0.3) is 0 Å². The minimum atomic E-state index is 0.862. The van der Waals surface area contributed by atoms with Gasteiger partial charge in [0.2, 0.25) is 0 Å². The van der Waals surface area contributed by atoms with Crippen LogP contribution in [0.1, 0.15) is 72.6 Å². The van der Waals surface area contributed by atoms with E-state index in [1.807, 2.05) is 0 Å². The Hall–Kier alpha value is -0.520. The highest BCUT2D eigenvalue weighted by Gasteiger charge is 2.49. The summed E-state index contributed by atoms with van der Waals surface area (Å²) in [6, 6.07) is 0. The third-order valence-corrected chi connectivity index (χ3v) is 8.71. The summed E-state index contributed by atoms with van der Waals surface area (Å²) in [6.45, 7) is 9.99. The van der Waals surface area contributed by atoms with Crippen LogP contribution in [0, 0.1) is 59.2 Å². The largest absolute Gasteiger partial charge is 0.0882 e. The smallest absolute Gasteiger partial charge is 0.0174 e. The molecule has 25 heavy (non-hydrogen) atoms. The zero-order valence-corrected chi connectivity index (χ0v) is 17.0. The van der Waals surface area contributed by atoms with Crippen LogP contribution in [0.25, 0.3) is 0 Å². The van der Waals surface area contributed by atoms with Crippen molar-refractivity contribution in [3.63, 3.8) is 0 Å². The maximum Gasteiger partial charge on any atom is -0.0174 e. The van der Waals surface area contributed by atoms with Gasteiger partial charge < -0.3 is 0 Å². The number of hydrogen-bond donors (Lipinski definition) is 0. The molecular formula is C25H40. The van der Waals surface area contributed by atoms with Crippen molar-refractivity contribution >= 4 is 0 Å². The average molecular weight is 341 g/mol. The molecule has 0 radical (unpaired) electrons. The fourth-order valence-corrected chi connectivity index (χ4v) is 7.49. The van der Waals surface area contributed by atoms with Crippen molar-refractivity contribution in [3.05, 3.63) is 24.3 Å². The minimum Gasteiger partial charge on any atom is -0.0882 e. The summed E-state index contributed by atoms with van der Waals surface area (Å²) in [5.41, 5.74) is 0. The van der Waals surface area contributed by atoms with E-state index in [-0.39, 0.29) is 0 Å². The van der Waals surface area contributed by atoms with Gasteiger partial charge in [-0.05, 0) is 104 Å². The highest BCUT2D eigenvalue weighted by Crippen LogP contribution is 2.57. The minimum absolute atomic E-state index is 0.862. The molecule has 8 atom stereocenters. The first-order chi connectivity index (χ1) is 12.1. The second-order valence-electron chi connectivity index (χ2n) is 10.5. The first-order valence-electron chi connectivity index (χ1n) is 11.4. The van der Waals surface area contributed by atoms with Crippen molar-refractivity contribution in [2.24, 2.45) is 59.2 Å². The van der Waals surface area contributed by atoms with Crippen molar-refractivity contribution in [2.75, 3.05) is 0 Å². The van der Waals surface area contributed by atoms with Gasteiger partial charge in [0.1, 0.15) is 0 Å². The van der Waals surface area contributed by atoms with Gasteiger partial charge >= 0.3 is 0 Å². The molecule has 0 aliphatic heterocycles. The SMILES string of the molecule is CC(C)C1CC2CCC=CC2C1CC1C2C=CCCC2CC1C(C)C. The lowest BCUT2D eigenvalue weighted by Crippen LogP contribution is -2.28. The van der Waals surface area contributed by atoms with E-state index in [0.717, 1.165) is 59.2 Å². The molecule has 0 spiro atoms. The van der Waals surface area contributed by atoms with Crippen molar-refractivity contribution in [1.82, 2.24) is 0 Å². The lowest BCUT2D eigenvalue weighted by molar-refractivity contribution is 0.161. The molecule has 2 fully saturated rings. The average Bonchev–Trinajstić information content (AvgIpc) is 3.15. The van der Waals surface area contributed by atoms with E-state index < -0.39 is 0 Å². The lowest BCUT2D eigenvalue weighted by Gasteiger charge is -2.35. The molecule has 4 aliphatic carbocycles. The van der Waals surface area contributed by atoms with Crippen LogP contribution in [-0.4, -0.2) is 0 Å². The number of fused-ring (bicyclic) bond motifs is 2. The zero-order chi connectivity index (χ0) is 17.6. The summed E-state index contributed by atoms with van der Waals surface area (Å²) in [5, 5.41) is 0. The van der Waals surface area contributed by atoms with Gasteiger partial charge in [0.15, 0.2) is 0 Å². The van der Waals surface area contributed by atoms with Crippen molar-refractivity contribution in [3.8, 4) is 0 Å². The second-order valence-corrected chi connectivity index (χ2v) is 10.5. The second kappa shape index (κ2) is 7.24. The molecule has 0 aromatic heterocycles. The fourth-order valence-electron chi connectivity index (χ4n) is 7.49. The maximum atomic E-state index is 2.65. The molecule has 0 N–H and O–H groups in total. The molecule has 0 bridgehead atoms. The Balaban J connectivity index is 1.59. The van der Waals surface area contributed by atoms with Crippen LogP contribution in [-0.2, 0) is 0 Å². The van der Waals surface area contributed by atoms with E-state index in [9.17, 15) is 0 Å². The van der Waals surface area contributed by atoms with Crippen LogP contribution in [0.15, 0.2) is 24.3 Å². The quantitative estimate of drug-likeness (QED) is 0.478. The molecule has 4 rings (SSSR count). The van der Waals surface area contributed by atoms with E-state index in [2.05, 4.69) is 52.0 Å². The van der Waals surface area contributed by atoms with E-state index in [1.54, 1.807) is 0 Å². The van der Waals surface area contributed by atoms with Gasteiger partial charge in [-0.25, -0.2) is 0 Å². The Bertz CT molecular complexity index is 464. The Morgan fingerprint density at radius 3 is 1.56 bits per heavy atom. The molecule has 4 aliphatic rings. The number of allylic oxidation sites excluding steroid dienone is 4. The molecule has 140 valence electrons. The Labute approximate surface area is 156 Å². The summed E-state index contributed by atoms with van der Waals surface area (Å²) in [6.07, 6.45) is 20.5. The highest BCUT2D eigenvalue weighted by atomic mass is 14.5. The van der Waals surface area contributed by atoms with E-state index >= 15 is 0 Å². The Morgan fingerprint density at radius 2 is 1.16 bits per heavy atom. The Morgan fingerprint density at radius 1 is 0.720 bits per heavy atom. The zero-order valence-electron chi connectivity index (χ0n) is 17.0. The molecule has 0 saturated heterocycles. The van der Waals surface area contributed by atoms with Crippen LogP contribution in [0.5, 0.6) is 0 Å². The molecule has 0 amide bonds. The summed E-state index contributed by atoms with van der Waals surface area (Å²) < 4.78 is 0. The summed E-state index contributed by atoms with van der Waals surface area (Å²) in [7, 11) is 0. The monoisotopic (exact) mass is 340 g/mol. The van der Waals surface area contributed by atoms with Gasteiger partial charge in [-0.2, -0.15) is 0 Å². The van der Waals surface area contributed by atoms with E-state index in [1.165, 1.54) is 44.9 Å². The van der Waals surface area contributed by atoms with Gasteiger partial charge in [-0.15, -0.1) is 0 Å². The predicted molar refractivity (Wildman–Crippen MR) is 108 cm³/mol. The first-order valence-corrected chi connectivity index (χ1v) is 11.4. The van der Waals surface area contributed by atoms with Gasteiger partial charge in [-0.3, -0.25) is 0 Å². The maximum absolute atomic E-state index is 2.65. The summed E-state index contributed by atoms with van der Waals surface area (Å²) in [4.78, 5) is 0. The highest BCUT2D eigenvalue weighted by molar-refractivity contribution is 5.10. The molecule has 0 aromatic carbocycles. The predicted octanol–water partition coefficient (Wildman–Crippen LogP) is 7.13. The lowest BCUT2D eigenvalue weighted by atomic mass is 9.69. The molecule has 0 heteroatoms. The number of rotatable bonds is 4. The standard InChI is InChI=1S/C25H40/c1-16(2)22-13-18-9-5-7-11-20(18)24(22)15-25-21-12-8-6-10-19(21)14-23(25)17(3)4/h7-8,11-12,16-25H,5-6,9-10,13-15H2,1-4H3. The third kappa shape index (κ3) is 3.28. The Kier molecular flexibility index (Phi) is 5.18. The summed E-state index contributed by atoms with van der Waals surface area (Å²) >= 11 is 0. The summed E-state index contributed by atoms with van der Waals surface area (Å²) in [5.74, 6) is 9.39. The fraction of sp³-hybridized carbons (Fsp3) is 0.840. The van der Waals surface area contributed by atoms with Crippen molar-refractivity contribution < 1.29 is 0 Å². The van der Waals surface area contributed by atoms with Crippen molar-refractivity contribution in [2.45, 2.75) is 72.6 Å². The normalized spacial score (nSPS) is 46.0. The molecule has 0 aromatic rings. The number of hydrogen-bond acceptors (Lipinski definition) is 0.